The molecule has 0 saturated heterocycles. The van der Waals surface area contributed by atoms with Gasteiger partial charge < -0.3 is 15.2 Å². The predicted molar refractivity (Wildman–Crippen MR) is 62.1 cm³/mol. The van der Waals surface area contributed by atoms with Gasteiger partial charge in [0.25, 0.3) is 5.91 Å². The Morgan fingerprint density at radius 1 is 1.47 bits per heavy atom. The van der Waals surface area contributed by atoms with Crippen LogP contribution in [0.15, 0.2) is 18.2 Å². The Balaban J connectivity index is 2.52. The van der Waals surface area contributed by atoms with Gasteiger partial charge in [-0.2, -0.15) is 5.26 Å². The number of carboxylic acid groups (broad SMARTS) is 1. The fourth-order valence-electron chi connectivity index (χ4n) is 1.20. The predicted octanol–water partition coefficient (Wildman–Crippen LogP) is 0.933. The number of halogens is 1. The molecule has 2 N–H and O–H groups in total. The molecule has 0 aliphatic heterocycles. The molecule has 0 saturated carbocycles. The SMILES string of the molecule is N#CCCNC(=O)COc1ccc(C(=O)O)cc1F. The van der Waals surface area contributed by atoms with Crippen molar-refractivity contribution in [1.29, 1.82) is 5.26 Å². The molecule has 7 heteroatoms. The van der Waals surface area contributed by atoms with Gasteiger partial charge in [0.15, 0.2) is 18.2 Å². The molecule has 0 spiro atoms. The van der Waals surface area contributed by atoms with Crippen molar-refractivity contribution in [2.45, 2.75) is 6.42 Å². The highest BCUT2D eigenvalue weighted by Crippen LogP contribution is 2.18. The van der Waals surface area contributed by atoms with Crippen LogP contribution in [-0.2, 0) is 4.79 Å². The Hall–Kier alpha value is -2.62. The standard InChI is InChI=1S/C12H11FN2O4/c13-9-6-8(12(17)18)2-3-10(9)19-7-11(16)15-5-1-4-14/h2-3,6H,1,5,7H2,(H,15,16)(H,17,18). The summed E-state index contributed by atoms with van der Waals surface area (Å²) in [6.07, 6.45) is 0.174. The van der Waals surface area contributed by atoms with Crippen LogP contribution in [0.1, 0.15) is 16.8 Å². The lowest BCUT2D eigenvalue weighted by molar-refractivity contribution is -0.123. The highest BCUT2D eigenvalue weighted by atomic mass is 19.1. The molecule has 1 aromatic carbocycles. The Morgan fingerprint density at radius 3 is 2.79 bits per heavy atom. The van der Waals surface area contributed by atoms with Crippen molar-refractivity contribution in [3.05, 3.63) is 29.6 Å². The summed E-state index contributed by atoms with van der Waals surface area (Å²) in [6.45, 7) is -0.214. The number of aromatic carboxylic acids is 1. The van der Waals surface area contributed by atoms with Crippen LogP contribution in [0.5, 0.6) is 5.75 Å². The van der Waals surface area contributed by atoms with Gasteiger partial charge in [-0.05, 0) is 18.2 Å². The van der Waals surface area contributed by atoms with Gasteiger partial charge >= 0.3 is 5.97 Å². The lowest BCUT2D eigenvalue weighted by Crippen LogP contribution is -2.29. The van der Waals surface area contributed by atoms with E-state index in [1.54, 1.807) is 0 Å². The van der Waals surface area contributed by atoms with Crippen LogP contribution in [0.25, 0.3) is 0 Å². The van der Waals surface area contributed by atoms with Crippen LogP contribution in [-0.4, -0.2) is 30.1 Å². The molecule has 0 heterocycles. The maximum absolute atomic E-state index is 13.4. The minimum Gasteiger partial charge on any atom is -0.481 e. The first-order valence-corrected chi connectivity index (χ1v) is 5.34. The molecule has 0 unspecified atom stereocenters. The smallest absolute Gasteiger partial charge is 0.335 e. The summed E-state index contributed by atoms with van der Waals surface area (Å²) in [5, 5.41) is 19.3. The molecule has 1 rings (SSSR count). The summed E-state index contributed by atoms with van der Waals surface area (Å²) in [4.78, 5) is 21.8. The third kappa shape index (κ3) is 4.63. The lowest BCUT2D eigenvalue weighted by Gasteiger charge is -2.07. The van der Waals surface area contributed by atoms with E-state index in [0.29, 0.717) is 0 Å². The fourth-order valence-corrected chi connectivity index (χ4v) is 1.20. The Bertz CT molecular complexity index is 525. The van der Waals surface area contributed by atoms with E-state index in [1.165, 1.54) is 6.07 Å². The zero-order valence-electron chi connectivity index (χ0n) is 9.85. The zero-order valence-corrected chi connectivity index (χ0v) is 9.85. The summed E-state index contributed by atoms with van der Waals surface area (Å²) in [6, 6.07) is 4.98. The van der Waals surface area contributed by atoms with E-state index in [0.717, 1.165) is 12.1 Å². The van der Waals surface area contributed by atoms with Gasteiger partial charge in [-0.3, -0.25) is 4.79 Å². The third-order valence-electron chi connectivity index (χ3n) is 2.10. The topological polar surface area (TPSA) is 99.4 Å². The summed E-state index contributed by atoms with van der Waals surface area (Å²) < 4.78 is 18.3. The monoisotopic (exact) mass is 266 g/mol. The summed E-state index contributed by atoms with van der Waals surface area (Å²) >= 11 is 0. The fraction of sp³-hybridized carbons (Fsp3) is 0.250. The first kappa shape index (κ1) is 14.4. The summed E-state index contributed by atoms with van der Waals surface area (Å²) in [5.41, 5.74) is -0.205. The van der Waals surface area contributed by atoms with E-state index >= 15 is 0 Å². The number of nitriles is 1. The molecule has 0 aliphatic rings. The normalized spacial score (nSPS) is 9.47. The number of benzene rings is 1. The van der Waals surface area contributed by atoms with E-state index in [2.05, 4.69) is 5.32 Å². The minimum atomic E-state index is -1.25. The second-order valence-electron chi connectivity index (χ2n) is 3.50. The highest BCUT2D eigenvalue weighted by molar-refractivity contribution is 5.87. The van der Waals surface area contributed by atoms with Crippen molar-refractivity contribution in [1.82, 2.24) is 5.32 Å². The number of carbonyl (C=O) groups is 2. The molecule has 0 atom stereocenters. The van der Waals surface area contributed by atoms with E-state index in [9.17, 15) is 14.0 Å². The summed E-state index contributed by atoms with van der Waals surface area (Å²) in [5.74, 6) is -2.80. The van der Waals surface area contributed by atoms with Crippen LogP contribution >= 0.6 is 0 Å². The third-order valence-corrected chi connectivity index (χ3v) is 2.10. The van der Waals surface area contributed by atoms with Gasteiger partial charge in [-0.1, -0.05) is 0 Å². The first-order chi connectivity index (χ1) is 9.04. The molecule has 0 fully saturated rings. The maximum Gasteiger partial charge on any atom is 0.335 e. The van der Waals surface area contributed by atoms with Crippen LogP contribution in [0.3, 0.4) is 0 Å². The number of hydrogen-bond acceptors (Lipinski definition) is 4. The molecule has 6 nitrogen and oxygen atoms in total. The first-order valence-electron chi connectivity index (χ1n) is 5.34. The van der Waals surface area contributed by atoms with Crippen molar-refractivity contribution in [3.63, 3.8) is 0 Å². The van der Waals surface area contributed by atoms with Crippen molar-refractivity contribution >= 4 is 11.9 Å². The van der Waals surface area contributed by atoms with E-state index in [4.69, 9.17) is 15.1 Å². The number of rotatable bonds is 6. The Kier molecular flexibility index (Phi) is 5.29. The number of hydrogen-bond donors (Lipinski definition) is 2. The van der Waals surface area contributed by atoms with Crippen molar-refractivity contribution < 1.29 is 23.8 Å². The van der Waals surface area contributed by atoms with E-state index in [-0.39, 0.29) is 24.3 Å². The van der Waals surface area contributed by atoms with Gasteiger partial charge in [0.2, 0.25) is 0 Å². The lowest BCUT2D eigenvalue weighted by atomic mass is 10.2. The molecule has 1 amide bonds. The van der Waals surface area contributed by atoms with Crippen molar-refractivity contribution in [2.24, 2.45) is 0 Å². The number of nitrogens with one attached hydrogen (secondary N) is 1. The second kappa shape index (κ2) is 6.96. The van der Waals surface area contributed by atoms with E-state index in [1.807, 2.05) is 6.07 Å². The van der Waals surface area contributed by atoms with Crippen LogP contribution in [0, 0.1) is 17.1 Å². The average Bonchev–Trinajstić information content (AvgIpc) is 2.37. The molecule has 0 aromatic heterocycles. The van der Waals surface area contributed by atoms with Crippen LogP contribution in [0.2, 0.25) is 0 Å². The number of amides is 1. The van der Waals surface area contributed by atoms with Gasteiger partial charge in [0, 0.05) is 6.54 Å². The Labute approximate surface area is 108 Å². The summed E-state index contributed by atoms with van der Waals surface area (Å²) in [7, 11) is 0. The molecule has 1 aromatic rings. The number of carbonyl (C=O) groups excluding carboxylic acids is 1. The molecule has 0 aliphatic carbocycles. The number of carboxylic acids is 1. The van der Waals surface area contributed by atoms with Gasteiger partial charge in [0.05, 0.1) is 18.1 Å². The van der Waals surface area contributed by atoms with Crippen LogP contribution < -0.4 is 10.1 Å². The van der Waals surface area contributed by atoms with Crippen molar-refractivity contribution in [2.75, 3.05) is 13.2 Å². The molecule has 0 bridgehead atoms. The number of ether oxygens (including phenoxy) is 1. The second-order valence-corrected chi connectivity index (χ2v) is 3.50. The molecular weight excluding hydrogens is 255 g/mol. The number of nitrogens with zero attached hydrogens (tertiary/aromatic N) is 1. The largest absolute Gasteiger partial charge is 0.481 e. The highest BCUT2D eigenvalue weighted by Gasteiger charge is 2.10. The minimum absolute atomic E-state index is 0.174. The zero-order chi connectivity index (χ0) is 14.3. The van der Waals surface area contributed by atoms with Gasteiger partial charge in [0.1, 0.15) is 0 Å². The van der Waals surface area contributed by atoms with Gasteiger partial charge in [-0.25, -0.2) is 9.18 Å². The van der Waals surface area contributed by atoms with Crippen LogP contribution in [0.4, 0.5) is 4.39 Å². The maximum atomic E-state index is 13.4. The molecule has 100 valence electrons. The molecule has 0 radical (unpaired) electrons. The molecular formula is C12H11FN2O4. The quantitative estimate of drug-likeness (QED) is 0.746. The Morgan fingerprint density at radius 2 is 2.21 bits per heavy atom. The van der Waals surface area contributed by atoms with Gasteiger partial charge in [-0.15, -0.1) is 0 Å². The van der Waals surface area contributed by atoms with Crippen molar-refractivity contribution in [3.8, 4) is 11.8 Å². The van der Waals surface area contributed by atoms with E-state index < -0.39 is 24.3 Å². The molecule has 19 heavy (non-hydrogen) atoms. The average molecular weight is 266 g/mol.